The van der Waals surface area contributed by atoms with E-state index in [0.29, 0.717) is 22.7 Å². The molecule has 1 fully saturated rings. The zero-order valence-electron chi connectivity index (χ0n) is 23.7. The molecule has 0 radical (unpaired) electrons. The minimum absolute atomic E-state index is 0.137. The van der Waals surface area contributed by atoms with Crippen molar-refractivity contribution in [2.45, 2.75) is 44.9 Å². The van der Waals surface area contributed by atoms with Crippen molar-refractivity contribution in [2.24, 2.45) is 4.99 Å². The highest BCUT2D eigenvalue weighted by atomic mass is 35.5. The van der Waals surface area contributed by atoms with Gasteiger partial charge in [-0.25, -0.2) is 4.79 Å². The molecular formula is C30H30ClN5O7. The lowest BCUT2D eigenvalue weighted by molar-refractivity contribution is -0.136. The lowest BCUT2D eigenvalue weighted by Gasteiger charge is -2.36. The van der Waals surface area contributed by atoms with Crippen LogP contribution in [0.15, 0.2) is 64.4 Å². The van der Waals surface area contributed by atoms with Gasteiger partial charge in [0.1, 0.15) is 42.5 Å². The highest BCUT2D eigenvalue weighted by molar-refractivity contribution is 6.30. The Morgan fingerprint density at radius 3 is 2.51 bits per heavy atom. The zero-order chi connectivity index (χ0) is 30.9. The summed E-state index contributed by atoms with van der Waals surface area (Å²) in [6.07, 6.45) is 2.29. The number of Topliss-reactive ketones (excluding diaryl/α,β-unsaturated/α-hetero) is 1. The second-order valence-electron chi connectivity index (χ2n) is 11.2. The molecule has 0 spiro atoms. The number of ether oxygens (including phenoxy) is 1. The lowest BCUT2D eigenvalue weighted by atomic mass is 9.95. The van der Waals surface area contributed by atoms with Crippen LogP contribution in [0.2, 0.25) is 5.02 Å². The number of carbonyl (C=O) groups excluding carboxylic acids is 3. The molecule has 12 nitrogen and oxygen atoms in total. The fraction of sp³-hybridized carbons (Fsp3) is 0.333. The quantitative estimate of drug-likeness (QED) is 0.298. The predicted molar refractivity (Wildman–Crippen MR) is 155 cm³/mol. The van der Waals surface area contributed by atoms with Gasteiger partial charge in [-0.3, -0.25) is 24.3 Å². The number of benzene rings is 2. The van der Waals surface area contributed by atoms with Crippen LogP contribution < -0.4 is 10.1 Å². The van der Waals surface area contributed by atoms with Gasteiger partial charge in [0, 0.05) is 29.2 Å². The van der Waals surface area contributed by atoms with Crippen molar-refractivity contribution in [3.63, 3.8) is 0 Å². The van der Waals surface area contributed by atoms with E-state index in [9.17, 15) is 24.3 Å². The number of aliphatic carboxylic acids is 1. The van der Waals surface area contributed by atoms with Crippen LogP contribution in [0.25, 0.3) is 0 Å². The van der Waals surface area contributed by atoms with Crippen LogP contribution in [0.3, 0.4) is 0 Å². The van der Waals surface area contributed by atoms with Gasteiger partial charge in [0.25, 0.3) is 0 Å². The molecule has 2 N–H and O–H groups in total. The van der Waals surface area contributed by atoms with Crippen LogP contribution in [-0.2, 0) is 9.59 Å². The largest absolute Gasteiger partial charge is 0.487 e. The summed E-state index contributed by atoms with van der Waals surface area (Å²) in [7, 11) is 0. The Hall–Kier alpha value is -4.71. The molecule has 1 aromatic heterocycles. The van der Waals surface area contributed by atoms with Crippen molar-refractivity contribution in [3.05, 3.63) is 82.2 Å². The van der Waals surface area contributed by atoms with E-state index in [0.717, 1.165) is 5.56 Å². The molecule has 13 heteroatoms. The third-order valence-electron chi connectivity index (χ3n) is 6.86. The zero-order valence-corrected chi connectivity index (χ0v) is 24.5. The van der Waals surface area contributed by atoms with E-state index in [1.807, 2.05) is 20.8 Å². The van der Waals surface area contributed by atoms with Gasteiger partial charge in [-0.05, 0) is 50.6 Å². The number of ketones is 1. The average molecular weight is 608 g/mol. The summed E-state index contributed by atoms with van der Waals surface area (Å²) < 4.78 is 11.4. The Kier molecular flexibility index (Phi) is 8.23. The van der Waals surface area contributed by atoms with Gasteiger partial charge in [-0.15, -0.1) is 0 Å². The van der Waals surface area contributed by atoms with E-state index >= 15 is 0 Å². The van der Waals surface area contributed by atoms with Gasteiger partial charge in [0.05, 0.1) is 17.8 Å². The molecule has 2 atom stereocenters. The molecule has 5 rings (SSSR count). The molecule has 0 aliphatic carbocycles. The molecule has 2 unspecified atom stereocenters. The summed E-state index contributed by atoms with van der Waals surface area (Å²) in [5, 5.41) is 16.3. The Labute approximate surface area is 252 Å². The molecule has 224 valence electrons. The summed E-state index contributed by atoms with van der Waals surface area (Å²) in [5.41, 5.74) is 1.13. The third-order valence-corrected chi connectivity index (χ3v) is 7.11. The van der Waals surface area contributed by atoms with E-state index in [2.05, 4.69) is 10.5 Å². The van der Waals surface area contributed by atoms with E-state index < -0.39 is 41.9 Å². The van der Waals surface area contributed by atoms with Gasteiger partial charge in [-0.1, -0.05) is 35.0 Å². The Morgan fingerprint density at radius 1 is 1.14 bits per heavy atom. The van der Waals surface area contributed by atoms with Crippen LogP contribution in [0.1, 0.15) is 66.3 Å². The molecule has 2 aliphatic heterocycles. The van der Waals surface area contributed by atoms with Crippen molar-refractivity contribution >= 4 is 41.1 Å². The normalized spacial score (nSPS) is 18.7. The van der Waals surface area contributed by atoms with Crippen molar-refractivity contribution in [1.29, 1.82) is 0 Å². The summed E-state index contributed by atoms with van der Waals surface area (Å²) in [4.78, 5) is 58.5. The molecule has 2 aliphatic rings. The molecule has 3 heterocycles. The average Bonchev–Trinajstić information content (AvgIpc) is 3.60. The highest BCUT2D eigenvalue weighted by Gasteiger charge is 2.45. The number of piperazine rings is 1. The molecule has 43 heavy (non-hydrogen) atoms. The van der Waals surface area contributed by atoms with Crippen molar-refractivity contribution in [2.75, 3.05) is 19.6 Å². The Bertz CT molecular complexity index is 1580. The lowest BCUT2D eigenvalue weighted by Crippen LogP contribution is -2.55. The Balaban J connectivity index is 1.69. The van der Waals surface area contributed by atoms with Gasteiger partial charge in [0.2, 0.25) is 5.91 Å². The molecule has 1 saturated heterocycles. The number of halogens is 1. The summed E-state index contributed by atoms with van der Waals surface area (Å²) in [6, 6.07) is 9.76. The second kappa shape index (κ2) is 11.9. The van der Waals surface area contributed by atoms with Crippen molar-refractivity contribution in [1.82, 2.24) is 20.3 Å². The maximum Gasteiger partial charge on any atom is 0.326 e. The number of amidine groups is 1. The van der Waals surface area contributed by atoms with Gasteiger partial charge in [0.15, 0.2) is 5.78 Å². The number of rotatable bonds is 7. The first-order chi connectivity index (χ1) is 20.4. The first-order valence-corrected chi connectivity index (χ1v) is 13.9. The number of aliphatic imine (C=N–C) groups is 1. The SMILES string of the molecule is CC(C)(C)Oc1cc(C(=O)CC(=O)O)ccc1C1=NC(c2cnoc2)C(c2ccc(Cl)cc2)N1C(=O)N1CCNC(=O)C1. The monoisotopic (exact) mass is 607 g/mol. The number of nitrogens with zero attached hydrogens (tertiary/aromatic N) is 4. The van der Waals surface area contributed by atoms with Crippen molar-refractivity contribution in [3.8, 4) is 5.75 Å². The van der Waals surface area contributed by atoms with E-state index in [1.54, 1.807) is 30.3 Å². The van der Waals surface area contributed by atoms with Crippen LogP contribution >= 0.6 is 11.6 Å². The Morgan fingerprint density at radius 2 is 1.88 bits per heavy atom. The maximum atomic E-state index is 14.4. The molecule has 2 aromatic carbocycles. The van der Waals surface area contributed by atoms with E-state index in [-0.39, 0.29) is 36.1 Å². The number of hydrogen-bond donors (Lipinski definition) is 2. The van der Waals surface area contributed by atoms with Crippen LogP contribution in [0.4, 0.5) is 4.79 Å². The molecule has 0 bridgehead atoms. The van der Waals surface area contributed by atoms with Crippen LogP contribution in [0, 0.1) is 0 Å². The summed E-state index contributed by atoms with van der Waals surface area (Å²) in [6.45, 7) is 5.92. The third kappa shape index (κ3) is 6.54. The van der Waals surface area contributed by atoms with E-state index in [1.165, 1.54) is 34.4 Å². The topological polar surface area (TPSA) is 155 Å². The number of hydrogen-bond acceptors (Lipinski definition) is 8. The number of nitrogens with one attached hydrogen (secondary N) is 1. The smallest absolute Gasteiger partial charge is 0.326 e. The predicted octanol–water partition coefficient (Wildman–Crippen LogP) is 4.26. The fourth-order valence-electron chi connectivity index (χ4n) is 5.04. The minimum Gasteiger partial charge on any atom is -0.487 e. The maximum absolute atomic E-state index is 14.4. The number of aromatic nitrogens is 1. The van der Waals surface area contributed by atoms with E-state index in [4.69, 9.17) is 25.9 Å². The molecule has 3 aromatic rings. The van der Waals surface area contributed by atoms with Gasteiger partial charge >= 0.3 is 12.0 Å². The molecular weight excluding hydrogens is 578 g/mol. The number of carbonyl (C=O) groups is 4. The fourth-order valence-corrected chi connectivity index (χ4v) is 5.17. The first-order valence-electron chi connectivity index (χ1n) is 13.6. The van der Waals surface area contributed by atoms with Crippen molar-refractivity contribution < 1.29 is 33.5 Å². The molecule has 3 amide bonds. The first kappa shape index (κ1) is 29.8. The summed E-state index contributed by atoms with van der Waals surface area (Å²) in [5.74, 6) is -1.66. The van der Waals surface area contributed by atoms with Gasteiger partial charge in [-0.2, -0.15) is 0 Å². The van der Waals surface area contributed by atoms with Crippen LogP contribution in [0.5, 0.6) is 5.75 Å². The number of carboxylic acids is 1. The highest BCUT2D eigenvalue weighted by Crippen LogP contribution is 2.45. The summed E-state index contributed by atoms with van der Waals surface area (Å²) >= 11 is 6.20. The number of carboxylic acid groups (broad SMARTS) is 1. The molecule has 0 saturated carbocycles. The number of amides is 3. The van der Waals surface area contributed by atoms with Crippen LogP contribution in [-0.4, -0.2) is 74.8 Å². The number of urea groups is 1. The second-order valence-corrected chi connectivity index (χ2v) is 11.6. The minimum atomic E-state index is -1.25. The standard InChI is InChI=1S/C30H30ClN5O7/c1-30(2,3)43-23-12-18(22(37)13-25(39)40)6-9-21(23)28-34-26(19-14-33-42-16-19)27(17-4-7-20(31)8-5-17)36(28)29(41)35-11-10-32-24(38)15-35/h4-9,12,14,16,26-27H,10-11,13,15H2,1-3H3,(H,32,38)(H,39,40). The van der Waals surface area contributed by atoms with Gasteiger partial charge < -0.3 is 24.6 Å².